The van der Waals surface area contributed by atoms with Crippen molar-refractivity contribution in [2.75, 3.05) is 18.6 Å². The zero-order valence-electron chi connectivity index (χ0n) is 5.99. The molecule has 0 aromatic rings. The summed E-state index contributed by atoms with van der Waals surface area (Å²) in [6, 6.07) is 0. The van der Waals surface area contributed by atoms with Gasteiger partial charge in [-0.15, -0.1) is 0 Å². The molecular formula is C5H9NO3S2. The van der Waals surface area contributed by atoms with Crippen LogP contribution in [-0.2, 0) is 9.59 Å². The van der Waals surface area contributed by atoms with Crippen LogP contribution < -0.4 is 5.32 Å². The number of carbonyl (C=O) groups excluding carboxylic acids is 1. The van der Waals surface area contributed by atoms with E-state index < -0.39 is 5.97 Å². The summed E-state index contributed by atoms with van der Waals surface area (Å²) in [6.07, 6.45) is 0. The minimum absolute atomic E-state index is 0.0294. The summed E-state index contributed by atoms with van der Waals surface area (Å²) in [7, 11) is 3.95. The lowest BCUT2D eigenvalue weighted by Crippen LogP contribution is -2.19. The lowest BCUT2D eigenvalue weighted by Gasteiger charge is -1.96. The SMILES string of the molecule is CNC(=O)CSSCC(=O)O. The second-order valence-corrected chi connectivity index (χ2v) is 4.05. The molecule has 4 nitrogen and oxygen atoms in total. The van der Waals surface area contributed by atoms with Gasteiger partial charge in [-0.3, -0.25) is 9.59 Å². The molecule has 0 atom stereocenters. The minimum atomic E-state index is -0.862. The maximum Gasteiger partial charge on any atom is 0.314 e. The third kappa shape index (κ3) is 7.54. The molecule has 0 radical (unpaired) electrons. The molecule has 0 aliphatic carbocycles. The summed E-state index contributed by atoms with van der Waals surface area (Å²) in [5, 5.41) is 10.6. The molecule has 0 spiro atoms. The highest BCUT2D eigenvalue weighted by Gasteiger charge is 2.00. The van der Waals surface area contributed by atoms with Crippen molar-refractivity contribution in [3.05, 3.63) is 0 Å². The Bertz CT molecular complexity index is 151. The zero-order chi connectivity index (χ0) is 8.69. The fourth-order valence-electron chi connectivity index (χ4n) is 0.259. The number of carboxylic acid groups (broad SMARTS) is 1. The number of nitrogens with one attached hydrogen (secondary N) is 1. The first-order chi connectivity index (χ1) is 5.16. The highest BCUT2D eigenvalue weighted by Crippen LogP contribution is 2.19. The smallest absolute Gasteiger partial charge is 0.314 e. The molecule has 11 heavy (non-hydrogen) atoms. The molecule has 0 saturated carbocycles. The van der Waals surface area contributed by atoms with Gasteiger partial charge >= 0.3 is 5.97 Å². The quantitative estimate of drug-likeness (QED) is 0.484. The Morgan fingerprint density at radius 2 is 1.91 bits per heavy atom. The van der Waals surface area contributed by atoms with Gasteiger partial charge in [-0.05, 0) is 0 Å². The molecule has 0 aromatic carbocycles. The Hall–Kier alpha value is -0.360. The molecule has 0 aromatic heterocycles. The van der Waals surface area contributed by atoms with E-state index in [1.54, 1.807) is 7.05 Å². The fraction of sp³-hybridized carbons (Fsp3) is 0.600. The topological polar surface area (TPSA) is 66.4 Å². The highest BCUT2D eigenvalue weighted by atomic mass is 33.1. The van der Waals surface area contributed by atoms with E-state index in [0.29, 0.717) is 5.75 Å². The minimum Gasteiger partial charge on any atom is -0.481 e. The summed E-state index contributed by atoms with van der Waals surface area (Å²) in [4.78, 5) is 20.5. The van der Waals surface area contributed by atoms with Crippen molar-refractivity contribution in [3.63, 3.8) is 0 Å². The largest absolute Gasteiger partial charge is 0.481 e. The molecule has 0 bridgehead atoms. The molecule has 64 valence electrons. The molecular weight excluding hydrogens is 186 g/mol. The van der Waals surface area contributed by atoms with Crippen LogP contribution in [0.3, 0.4) is 0 Å². The summed E-state index contributed by atoms with van der Waals surface area (Å²) in [5.74, 6) is -0.622. The standard InChI is InChI=1S/C5H9NO3S2/c1-6-4(7)2-10-11-3-5(8)9/h2-3H2,1H3,(H,6,7)(H,8,9). The van der Waals surface area contributed by atoms with Crippen molar-refractivity contribution < 1.29 is 14.7 Å². The van der Waals surface area contributed by atoms with Crippen LogP contribution in [0.25, 0.3) is 0 Å². The van der Waals surface area contributed by atoms with E-state index in [-0.39, 0.29) is 11.7 Å². The molecule has 0 rings (SSSR count). The van der Waals surface area contributed by atoms with Gasteiger partial charge < -0.3 is 10.4 Å². The zero-order valence-corrected chi connectivity index (χ0v) is 7.63. The Morgan fingerprint density at radius 1 is 1.36 bits per heavy atom. The van der Waals surface area contributed by atoms with Gasteiger partial charge in [0.05, 0.1) is 5.75 Å². The number of aliphatic carboxylic acids is 1. The van der Waals surface area contributed by atoms with Crippen LogP contribution in [-0.4, -0.2) is 35.5 Å². The van der Waals surface area contributed by atoms with Crippen molar-refractivity contribution in [2.24, 2.45) is 0 Å². The number of carbonyl (C=O) groups is 2. The first kappa shape index (κ1) is 10.6. The fourth-order valence-corrected chi connectivity index (χ4v) is 1.90. The van der Waals surface area contributed by atoms with Crippen molar-refractivity contribution >= 4 is 33.5 Å². The van der Waals surface area contributed by atoms with Crippen molar-refractivity contribution in [1.29, 1.82) is 0 Å². The van der Waals surface area contributed by atoms with Crippen molar-refractivity contribution in [3.8, 4) is 0 Å². The Morgan fingerprint density at radius 3 is 2.36 bits per heavy atom. The molecule has 0 heterocycles. The van der Waals surface area contributed by atoms with Gasteiger partial charge in [0, 0.05) is 7.05 Å². The summed E-state index contributed by atoms with van der Waals surface area (Å²) < 4.78 is 0. The Balaban J connectivity index is 3.14. The highest BCUT2D eigenvalue weighted by molar-refractivity contribution is 8.77. The van der Waals surface area contributed by atoms with E-state index in [2.05, 4.69) is 5.32 Å². The van der Waals surface area contributed by atoms with E-state index in [9.17, 15) is 9.59 Å². The van der Waals surface area contributed by atoms with Crippen LogP contribution in [0, 0.1) is 0 Å². The first-order valence-corrected chi connectivity index (χ1v) is 5.32. The summed E-state index contributed by atoms with van der Waals surface area (Å²) >= 11 is 0. The monoisotopic (exact) mass is 195 g/mol. The van der Waals surface area contributed by atoms with Gasteiger partial charge in [-0.25, -0.2) is 0 Å². The van der Waals surface area contributed by atoms with Crippen LogP contribution >= 0.6 is 21.6 Å². The average Bonchev–Trinajstić information content (AvgIpc) is 1.97. The number of hydrogen-bond donors (Lipinski definition) is 2. The van der Waals surface area contributed by atoms with Crippen molar-refractivity contribution in [1.82, 2.24) is 5.32 Å². The van der Waals surface area contributed by atoms with E-state index in [0.717, 1.165) is 10.8 Å². The second-order valence-electron chi connectivity index (χ2n) is 1.59. The van der Waals surface area contributed by atoms with Crippen LogP contribution in [0.5, 0.6) is 0 Å². The van der Waals surface area contributed by atoms with Gasteiger partial charge in [0.15, 0.2) is 0 Å². The molecule has 0 saturated heterocycles. The second kappa shape index (κ2) is 6.36. The number of amides is 1. The van der Waals surface area contributed by atoms with Crippen molar-refractivity contribution in [2.45, 2.75) is 0 Å². The summed E-state index contributed by atoms with van der Waals surface area (Å²) in [6.45, 7) is 0. The van der Waals surface area contributed by atoms with E-state index in [4.69, 9.17) is 5.11 Å². The number of rotatable bonds is 5. The van der Waals surface area contributed by atoms with E-state index in [1.807, 2.05) is 0 Å². The van der Waals surface area contributed by atoms with Gasteiger partial charge in [0.2, 0.25) is 5.91 Å². The first-order valence-electron chi connectivity index (χ1n) is 2.83. The molecule has 0 aliphatic rings. The predicted molar refractivity (Wildman–Crippen MR) is 46.6 cm³/mol. The Kier molecular flexibility index (Phi) is 6.15. The van der Waals surface area contributed by atoms with Gasteiger partial charge in [-0.1, -0.05) is 21.6 Å². The number of carboxylic acids is 1. The third-order valence-corrected chi connectivity index (χ3v) is 2.85. The van der Waals surface area contributed by atoms with Gasteiger partial charge in [0.25, 0.3) is 0 Å². The molecule has 1 amide bonds. The van der Waals surface area contributed by atoms with Crippen LogP contribution in [0.4, 0.5) is 0 Å². The third-order valence-electron chi connectivity index (χ3n) is 0.735. The Labute approximate surface area is 72.5 Å². The van der Waals surface area contributed by atoms with Crippen LogP contribution in [0.2, 0.25) is 0 Å². The van der Waals surface area contributed by atoms with E-state index in [1.165, 1.54) is 10.8 Å². The molecule has 6 heteroatoms. The van der Waals surface area contributed by atoms with Gasteiger partial charge in [-0.2, -0.15) is 0 Å². The van der Waals surface area contributed by atoms with Crippen LogP contribution in [0.1, 0.15) is 0 Å². The maximum absolute atomic E-state index is 10.6. The number of hydrogen-bond acceptors (Lipinski definition) is 4. The summed E-state index contributed by atoms with van der Waals surface area (Å²) in [5.41, 5.74) is 0. The van der Waals surface area contributed by atoms with Crippen LogP contribution in [0.15, 0.2) is 0 Å². The lowest BCUT2D eigenvalue weighted by molar-refractivity contribution is -0.133. The molecule has 0 fully saturated rings. The average molecular weight is 195 g/mol. The lowest BCUT2D eigenvalue weighted by atomic mass is 10.7. The van der Waals surface area contributed by atoms with Gasteiger partial charge in [0.1, 0.15) is 5.75 Å². The van der Waals surface area contributed by atoms with E-state index >= 15 is 0 Å². The molecule has 0 aliphatic heterocycles. The molecule has 2 N–H and O–H groups in total. The maximum atomic E-state index is 10.6. The normalized spacial score (nSPS) is 9.18. The predicted octanol–water partition coefficient (Wildman–Crippen LogP) is 0.198. The molecule has 0 unspecified atom stereocenters.